The first-order valence-corrected chi connectivity index (χ1v) is 13.9. The van der Waals surface area contributed by atoms with Crippen LogP contribution in [0.15, 0.2) is 30.3 Å². The molecule has 2 aliphatic heterocycles. The second-order valence-corrected chi connectivity index (χ2v) is 12.1. The maximum atomic E-state index is 12.2. The summed E-state index contributed by atoms with van der Waals surface area (Å²) in [6.45, 7) is 10.9. The normalized spacial score (nSPS) is 22.6. The van der Waals surface area contributed by atoms with Crippen LogP contribution >= 0.6 is 0 Å². The molecule has 2 amide bonds. The van der Waals surface area contributed by atoms with Gasteiger partial charge >= 0.3 is 24.1 Å². The zero-order chi connectivity index (χ0) is 32.4. The summed E-state index contributed by atoms with van der Waals surface area (Å²) in [4.78, 5) is 48.9. The van der Waals surface area contributed by atoms with E-state index in [1.165, 1.54) is 9.80 Å². The van der Waals surface area contributed by atoms with E-state index < -0.39 is 59.7 Å². The zero-order valence-electron chi connectivity index (χ0n) is 25.6. The highest BCUT2D eigenvalue weighted by Crippen LogP contribution is 2.18. The van der Waals surface area contributed by atoms with Crippen molar-refractivity contribution in [2.24, 2.45) is 0 Å². The fourth-order valence-electron chi connectivity index (χ4n) is 3.98. The van der Waals surface area contributed by atoms with E-state index in [1.54, 1.807) is 41.5 Å². The number of rotatable bonds is 7. The number of benzene rings is 1. The topological polar surface area (TPSA) is 182 Å². The van der Waals surface area contributed by atoms with Crippen molar-refractivity contribution in [1.82, 2.24) is 9.80 Å². The van der Waals surface area contributed by atoms with E-state index in [1.807, 2.05) is 30.3 Å². The van der Waals surface area contributed by atoms with Gasteiger partial charge in [0.2, 0.25) is 0 Å². The van der Waals surface area contributed by atoms with Gasteiger partial charge in [0, 0.05) is 0 Å². The van der Waals surface area contributed by atoms with Crippen LogP contribution in [-0.4, -0.2) is 124 Å². The van der Waals surface area contributed by atoms with Gasteiger partial charge in [-0.25, -0.2) is 19.2 Å². The number of amides is 2. The van der Waals surface area contributed by atoms with Crippen molar-refractivity contribution in [3.63, 3.8) is 0 Å². The van der Waals surface area contributed by atoms with Crippen LogP contribution in [0.3, 0.4) is 0 Å². The van der Waals surface area contributed by atoms with E-state index in [0.717, 1.165) is 5.56 Å². The monoisotopic (exact) mass is 612 g/mol. The largest absolute Gasteiger partial charge is 0.479 e. The summed E-state index contributed by atoms with van der Waals surface area (Å²) >= 11 is 0. The van der Waals surface area contributed by atoms with Gasteiger partial charge in [-0.2, -0.15) is 0 Å². The van der Waals surface area contributed by atoms with E-state index in [2.05, 4.69) is 0 Å². The number of hydrogen-bond acceptors (Lipinski definition) is 10. The number of aliphatic hydroxyl groups excluding tert-OH is 1. The van der Waals surface area contributed by atoms with Crippen LogP contribution in [0.25, 0.3) is 0 Å². The number of aliphatic hydroxyl groups is 1. The van der Waals surface area contributed by atoms with Crippen molar-refractivity contribution in [3.8, 4) is 0 Å². The lowest BCUT2D eigenvalue weighted by atomic mass is 10.2. The number of nitrogens with zero attached hydrogens (tertiary/aromatic N) is 2. The molecule has 3 rings (SSSR count). The van der Waals surface area contributed by atoms with Gasteiger partial charge < -0.3 is 48.8 Å². The summed E-state index contributed by atoms with van der Waals surface area (Å²) in [5, 5.41) is 27.2. The molecule has 0 saturated carbocycles. The van der Waals surface area contributed by atoms with Crippen LogP contribution in [-0.2, 0) is 39.9 Å². The third-order valence-corrected chi connectivity index (χ3v) is 5.81. The first kappa shape index (κ1) is 35.7. The van der Waals surface area contributed by atoms with E-state index in [9.17, 15) is 24.3 Å². The van der Waals surface area contributed by atoms with Gasteiger partial charge in [0.05, 0.1) is 58.2 Å². The summed E-state index contributed by atoms with van der Waals surface area (Å²) in [6.07, 6.45) is -4.60. The predicted molar refractivity (Wildman–Crippen MR) is 151 cm³/mol. The van der Waals surface area contributed by atoms with Crippen LogP contribution in [0.2, 0.25) is 0 Å². The number of carbonyl (C=O) groups excluding carboxylic acids is 2. The highest BCUT2D eigenvalue weighted by Gasteiger charge is 2.37. The number of ether oxygens (including phenoxy) is 5. The van der Waals surface area contributed by atoms with Crippen LogP contribution in [0.1, 0.15) is 47.1 Å². The summed E-state index contributed by atoms with van der Waals surface area (Å²) < 4.78 is 26.7. The first-order chi connectivity index (χ1) is 20.0. The van der Waals surface area contributed by atoms with Gasteiger partial charge in [-0.1, -0.05) is 30.3 Å². The molecule has 0 unspecified atom stereocenters. The molecule has 0 aromatic heterocycles. The number of hydrogen-bond donors (Lipinski definition) is 3. The summed E-state index contributed by atoms with van der Waals surface area (Å²) in [6, 6.07) is 9.63. The maximum Gasteiger partial charge on any atom is 0.410 e. The molecule has 4 atom stereocenters. The Morgan fingerprint density at radius 3 is 1.63 bits per heavy atom. The van der Waals surface area contributed by atoms with E-state index >= 15 is 0 Å². The Morgan fingerprint density at radius 1 is 0.767 bits per heavy atom. The van der Waals surface area contributed by atoms with Crippen molar-refractivity contribution in [2.75, 3.05) is 39.4 Å². The van der Waals surface area contributed by atoms with Gasteiger partial charge in [0.15, 0.2) is 12.2 Å². The molecule has 0 radical (unpaired) electrons. The average molecular weight is 613 g/mol. The SMILES string of the molecule is CC(C)(C)OC(=O)N1C[C@@H](CO)O[C@@H](C(=O)O)C1.CC(C)(C)OC(=O)N1C[C@@H](COCc2ccccc2)O[C@@H](C(=O)O)C1. The van der Waals surface area contributed by atoms with Gasteiger partial charge in [0.1, 0.15) is 11.2 Å². The fraction of sp³-hybridized carbons (Fsp3) is 0.655. The van der Waals surface area contributed by atoms with Crippen molar-refractivity contribution in [1.29, 1.82) is 0 Å². The molecule has 43 heavy (non-hydrogen) atoms. The number of carboxylic acid groups (broad SMARTS) is 2. The molecule has 242 valence electrons. The van der Waals surface area contributed by atoms with Gasteiger partial charge in [0.25, 0.3) is 0 Å². The van der Waals surface area contributed by atoms with Crippen molar-refractivity contribution in [3.05, 3.63) is 35.9 Å². The predicted octanol–water partition coefficient (Wildman–Crippen LogP) is 2.36. The molecule has 0 aliphatic carbocycles. The molecule has 2 fully saturated rings. The Balaban J connectivity index is 0.000000317. The molecule has 14 nitrogen and oxygen atoms in total. The second-order valence-electron chi connectivity index (χ2n) is 12.1. The van der Waals surface area contributed by atoms with Gasteiger partial charge in [-0.05, 0) is 47.1 Å². The molecule has 2 aliphatic rings. The molecule has 2 heterocycles. The molecular weight excluding hydrogens is 568 g/mol. The summed E-state index contributed by atoms with van der Waals surface area (Å²) in [5.74, 6) is -2.27. The Morgan fingerprint density at radius 2 is 1.21 bits per heavy atom. The van der Waals surface area contributed by atoms with Crippen molar-refractivity contribution in [2.45, 2.75) is 83.8 Å². The lowest BCUT2D eigenvalue weighted by molar-refractivity contribution is -0.168. The molecule has 2 saturated heterocycles. The number of carboxylic acids is 2. The molecule has 14 heteroatoms. The second kappa shape index (κ2) is 15.8. The minimum absolute atomic E-state index is 0.0422. The van der Waals surface area contributed by atoms with E-state index in [-0.39, 0.29) is 39.4 Å². The van der Waals surface area contributed by atoms with Crippen LogP contribution in [0, 0.1) is 0 Å². The van der Waals surface area contributed by atoms with Crippen LogP contribution in [0.4, 0.5) is 9.59 Å². The molecule has 3 N–H and O–H groups in total. The number of carbonyl (C=O) groups is 4. The quantitative estimate of drug-likeness (QED) is 0.409. The van der Waals surface area contributed by atoms with Crippen molar-refractivity contribution >= 4 is 24.1 Å². The molecule has 1 aromatic rings. The highest BCUT2D eigenvalue weighted by atomic mass is 16.6. The molecule has 0 bridgehead atoms. The Bertz CT molecular complexity index is 1070. The molecule has 1 aromatic carbocycles. The molecular formula is C29H44N2O12. The Kier molecular flexibility index (Phi) is 13.2. The van der Waals surface area contributed by atoms with Gasteiger partial charge in [-0.3, -0.25) is 0 Å². The third-order valence-electron chi connectivity index (χ3n) is 5.81. The average Bonchev–Trinajstić information content (AvgIpc) is 2.91. The zero-order valence-corrected chi connectivity index (χ0v) is 25.6. The minimum atomic E-state index is -1.17. The lowest BCUT2D eigenvalue weighted by Gasteiger charge is -2.37. The van der Waals surface area contributed by atoms with Gasteiger partial charge in [-0.15, -0.1) is 0 Å². The summed E-state index contributed by atoms with van der Waals surface area (Å²) in [5.41, 5.74) is -0.284. The van der Waals surface area contributed by atoms with Crippen LogP contribution in [0.5, 0.6) is 0 Å². The van der Waals surface area contributed by atoms with E-state index in [0.29, 0.717) is 6.61 Å². The molecule has 0 spiro atoms. The Labute approximate surface area is 251 Å². The third kappa shape index (κ3) is 13.2. The highest BCUT2D eigenvalue weighted by molar-refractivity contribution is 5.75. The van der Waals surface area contributed by atoms with Crippen molar-refractivity contribution < 1.29 is 58.2 Å². The lowest BCUT2D eigenvalue weighted by Crippen LogP contribution is -2.54. The van der Waals surface area contributed by atoms with E-state index in [4.69, 9.17) is 33.9 Å². The fourth-order valence-corrected chi connectivity index (χ4v) is 3.98. The Hall–Kier alpha value is -3.46. The minimum Gasteiger partial charge on any atom is -0.479 e. The smallest absolute Gasteiger partial charge is 0.410 e. The summed E-state index contributed by atoms with van der Waals surface area (Å²) in [7, 11) is 0. The standard InChI is InChI=1S/C18H25NO6.C11H19NO6/c1-18(2,3)25-17(22)19-9-14(24-15(10-19)16(20)21)12-23-11-13-7-5-4-6-8-13;1-11(2,3)18-10(16)12-4-7(6-13)17-8(5-12)9(14)15/h4-8,14-15H,9-12H2,1-3H3,(H,20,21);7-8,13H,4-6H2,1-3H3,(H,14,15)/t14-,15+;7-,8+/m00/s1. The number of morpholine rings is 2. The first-order valence-electron chi connectivity index (χ1n) is 13.9. The maximum absolute atomic E-state index is 12.2. The number of aliphatic carboxylic acids is 2. The van der Waals surface area contributed by atoms with Crippen LogP contribution < -0.4 is 0 Å².